The van der Waals surface area contributed by atoms with Gasteiger partial charge in [0.1, 0.15) is 6.10 Å². The highest BCUT2D eigenvalue weighted by Gasteiger charge is 2.19. The van der Waals surface area contributed by atoms with Crippen molar-refractivity contribution >= 4 is 11.9 Å². The van der Waals surface area contributed by atoms with Gasteiger partial charge in [-0.1, -0.05) is 50.8 Å². The largest absolute Gasteiger partial charge is 0.381 e. The highest BCUT2D eigenvalue weighted by molar-refractivity contribution is 5.85. The maximum absolute atomic E-state index is 11.5. The molecule has 1 unspecified atom stereocenters. The van der Waals surface area contributed by atoms with E-state index in [-0.39, 0.29) is 11.7 Å². The molecule has 0 saturated carbocycles. The number of aliphatic hydroxyl groups is 1. The summed E-state index contributed by atoms with van der Waals surface area (Å²) in [6, 6.07) is 7.17. The van der Waals surface area contributed by atoms with Gasteiger partial charge in [-0.25, -0.2) is 0 Å². The lowest BCUT2D eigenvalue weighted by atomic mass is 9.97. The fraction of sp³-hybridized carbons (Fsp3) is 0.308. The minimum Gasteiger partial charge on any atom is -0.381 e. The topological polar surface area (TPSA) is 37.3 Å². The van der Waals surface area contributed by atoms with Crippen LogP contribution in [-0.2, 0) is 4.79 Å². The Bertz CT molecular complexity index is 349. The van der Waals surface area contributed by atoms with E-state index in [1.165, 1.54) is 0 Å². The third-order valence-electron chi connectivity index (χ3n) is 2.33. The Hall–Kier alpha value is -1.41. The molecule has 0 aliphatic carbocycles. The van der Waals surface area contributed by atoms with Gasteiger partial charge < -0.3 is 5.11 Å². The Kier molecular flexibility index (Phi) is 3.81. The van der Waals surface area contributed by atoms with Crippen molar-refractivity contribution in [1.82, 2.24) is 0 Å². The van der Waals surface area contributed by atoms with Crippen LogP contribution >= 0.6 is 0 Å². The Morgan fingerprint density at radius 2 is 1.87 bits per heavy atom. The predicted molar refractivity (Wildman–Crippen MR) is 61.3 cm³/mol. The van der Waals surface area contributed by atoms with Gasteiger partial charge in [0.25, 0.3) is 0 Å². The van der Waals surface area contributed by atoms with E-state index in [1.54, 1.807) is 32.1 Å². The summed E-state index contributed by atoms with van der Waals surface area (Å²) in [6.45, 7) is 7.20. The lowest BCUT2D eigenvalue weighted by Crippen LogP contribution is -2.17. The van der Waals surface area contributed by atoms with Gasteiger partial charge in [-0.15, -0.1) is 0 Å². The molecule has 2 heteroatoms. The van der Waals surface area contributed by atoms with E-state index in [0.29, 0.717) is 5.56 Å². The van der Waals surface area contributed by atoms with Crippen LogP contribution in [0.5, 0.6) is 0 Å². The molecule has 1 N–H and O–H groups in total. The lowest BCUT2D eigenvalue weighted by Gasteiger charge is -2.12. The minimum absolute atomic E-state index is 0.152. The number of hydrogen-bond acceptors (Lipinski definition) is 2. The third-order valence-corrected chi connectivity index (χ3v) is 2.33. The van der Waals surface area contributed by atoms with Gasteiger partial charge in [0.05, 0.1) is 0 Å². The smallest absolute Gasteiger partial charge is 0.168 e. The van der Waals surface area contributed by atoms with Crippen LogP contribution in [0.25, 0.3) is 6.08 Å². The summed E-state index contributed by atoms with van der Waals surface area (Å²) in [5, 5.41) is 9.75. The number of Topliss-reactive ketones (excluding diaryl/α,β-unsaturated/α-hetero) is 1. The van der Waals surface area contributed by atoms with Gasteiger partial charge >= 0.3 is 0 Å². The summed E-state index contributed by atoms with van der Waals surface area (Å²) >= 11 is 0. The predicted octanol–water partition coefficient (Wildman–Crippen LogP) is 2.59. The highest BCUT2D eigenvalue weighted by atomic mass is 16.3. The van der Waals surface area contributed by atoms with Crippen LogP contribution in [0.15, 0.2) is 30.8 Å². The Labute approximate surface area is 90.3 Å². The SMILES string of the molecule is C=Cc1ccc(C(O)C(=O)C(C)C)cc1. The Morgan fingerprint density at radius 3 is 2.27 bits per heavy atom. The summed E-state index contributed by atoms with van der Waals surface area (Å²) in [4.78, 5) is 11.5. The molecule has 1 aromatic carbocycles. The maximum Gasteiger partial charge on any atom is 0.168 e. The van der Waals surface area contributed by atoms with Gasteiger partial charge in [-0.3, -0.25) is 4.79 Å². The second kappa shape index (κ2) is 4.89. The molecule has 0 aliphatic heterocycles. The first-order valence-electron chi connectivity index (χ1n) is 5.00. The number of aliphatic hydroxyl groups excluding tert-OH is 1. The van der Waals surface area contributed by atoms with Crippen molar-refractivity contribution in [2.75, 3.05) is 0 Å². The number of hydrogen-bond donors (Lipinski definition) is 1. The van der Waals surface area contributed by atoms with Crippen LogP contribution < -0.4 is 0 Å². The zero-order valence-electron chi connectivity index (χ0n) is 9.10. The van der Waals surface area contributed by atoms with E-state index in [4.69, 9.17) is 0 Å². The lowest BCUT2D eigenvalue weighted by molar-refractivity contribution is -0.130. The van der Waals surface area contributed by atoms with Crippen LogP contribution in [0.4, 0.5) is 0 Å². The van der Waals surface area contributed by atoms with Crippen molar-refractivity contribution in [3.05, 3.63) is 42.0 Å². The van der Waals surface area contributed by atoms with Crippen molar-refractivity contribution in [1.29, 1.82) is 0 Å². The van der Waals surface area contributed by atoms with Gasteiger partial charge in [0, 0.05) is 5.92 Å². The van der Waals surface area contributed by atoms with Crippen molar-refractivity contribution in [2.24, 2.45) is 5.92 Å². The first-order valence-corrected chi connectivity index (χ1v) is 5.00. The Balaban J connectivity index is 2.87. The van der Waals surface area contributed by atoms with E-state index in [9.17, 15) is 9.90 Å². The standard InChI is InChI=1S/C13H16O2/c1-4-10-5-7-11(8-6-10)13(15)12(14)9(2)3/h4-9,13,15H,1H2,2-3H3. The minimum atomic E-state index is -1.01. The molecule has 1 aromatic rings. The average molecular weight is 204 g/mol. The van der Waals surface area contributed by atoms with E-state index < -0.39 is 6.10 Å². The summed E-state index contributed by atoms with van der Waals surface area (Å²) in [5.41, 5.74) is 1.61. The summed E-state index contributed by atoms with van der Waals surface area (Å²) in [7, 11) is 0. The fourth-order valence-electron chi connectivity index (χ4n) is 1.29. The van der Waals surface area contributed by atoms with Crippen LogP contribution in [0.1, 0.15) is 31.1 Å². The van der Waals surface area contributed by atoms with Crippen molar-refractivity contribution < 1.29 is 9.90 Å². The maximum atomic E-state index is 11.5. The summed E-state index contributed by atoms with van der Waals surface area (Å²) in [5.74, 6) is -0.305. The van der Waals surface area contributed by atoms with E-state index in [1.807, 2.05) is 12.1 Å². The Morgan fingerprint density at radius 1 is 1.33 bits per heavy atom. The molecule has 0 spiro atoms. The normalized spacial score (nSPS) is 12.5. The molecule has 0 heterocycles. The molecule has 0 aromatic heterocycles. The van der Waals surface area contributed by atoms with Gasteiger partial charge in [0.2, 0.25) is 0 Å². The van der Waals surface area contributed by atoms with Crippen molar-refractivity contribution in [3.63, 3.8) is 0 Å². The number of benzene rings is 1. The van der Waals surface area contributed by atoms with Crippen LogP contribution in [0.3, 0.4) is 0 Å². The summed E-state index contributed by atoms with van der Waals surface area (Å²) < 4.78 is 0. The molecule has 1 atom stereocenters. The van der Waals surface area contributed by atoms with E-state index >= 15 is 0 Å². The zero-order valence-corrected chi connectivity index (χ0v) is 9.10. The first-order chi connectivity index (χ1) is 7.06. The molecule has 0 amide bonds. The number of ketones is 1. The molecule has 0 bridgehead atoms. The third kappa shape index (κ3) is 2.77. The van der Waals surface area contributed by atoms with Crippen molar-refractivity contribution in [3.8, 4) is 0 Å². The molecule has 0 saturated heterocycles. The molecular formula is C13H16O2. The van der Waals surface area contributed by atoms with E-state index in [0.717, 1.165) is 5.56 Å². The monoisotopic (exact) mass is 204 g/mol. The fourth-order valence-corrected chi connectivity index (χ4v) is 1.29. The van der Waals surface area contributed by atoms with Crippen LogP contribution in [0, 0.1) is 5.92 Å². The van der Waals surface area contributed by atoms with Gasteiger partial charge in [-0.2, -0.15) is 0 Å². The molecule has 80 valence electrons. The second-order valence-corrected chi connectivity index (χ2v) is 3.83. The van der Waals surface area contributed by atoms with Crippen LogP contribution in [0.2, 0.25) is 0 Å². The second-order valence-electron chi connectivity index (χ2n) is 3.83. The number of rotatable bonds is 4. The average Bonchev–Trinajstić information content (AvgIpc) is 2.27. The van der Waals surface area contributed by atoms with Gasteiger partial charge in [0.15, 0.2) is 5.78 Å². The number of carbonyl (C=O) groups is 1. The van der Waals surface area contributed by atoms with E-state index in [2.05, 4.69) is 6.58 Å². The van der Waals surface area contributed by atoms with Crippen LogP contribution in [-0.4, -0.2) is 10.9 Å². The molecule has 1 rings (SSSR count). The summed E-state index contributed by atoms with van der Waals surface area (Å²) in [6.07, 6.45) is 0.712. The quantitative estimate of drug-likeness (QED) is 0.818. The molecule has 0 radical (unpaired) electrons. The number of carbonyl (C=O) groups excluding carboxylic acids is 1. The van der Waals surface area contributed by atoms with Gasteiger partial charge in [-0.05, 0) is 11.1 Å². The molecular weight excluding hydrogens is 188 g/mol. The van der Waals surface area contributed by atoms with Crippen molar-refractivity contribution in [2.45, 2.75) is 20.0 Å². The zero-order chi connectivity index (χ0) is 11.4. The first kappa shape index (κ1) is 11.7. The molecule has 2 nitrogen and oxygen atoms in total. The molecule has 0 fully saturated rings. The molecule has 0 aliphatic rings. The highest BCUT2D eigenvalue weighted by Crippen LogP contribution is 2.18. The molecule has 15 heavy (non-hydrogen) atoms.